The smallest absolute Gasteiger partial charge is 0.406 e. The number of tetrazole rings is 1. The van der Waals surface area contributed by atoms with E-state index in [-0.39, 0.29) is 11.8 Å². The van der Waals surface area contributed by atoms with E-state index in [1.165, 1.54) is 35.4 Å². The fourth-order valence-corrected chi connectivity index (χ4v) is 2.04. The quantitative estimate of drug-likeness (QED) is 0.820. The van der Waals surface area contributed by atoms with E-state index in [4.69, 9.17) is 4.74 Å². The number of alkyl halides is 3. The summed E-state index contributed by atoms with van der Waals surface area (Å²) in [5, 5.41) is 11.4. The number of ether oxygens (including phenoxy) is 2. The normalized spacial score (nSPS) is 14.6. The van der Waals surface area contributed by atoms with Crippen LogP contribution in [0.2, 0.25) is 0 Å². The van der Waals surface area contributed by atoms with E-state index in [2.05, 4.69) is 20.1 Å². The number of nitrogens with zero attached hydrogens (tertiary/aromatic N) is 4. The van der Waals surface area contributed by atoms with Crippen LogP contribution in [-0.2, 0) is 4.74 Å². The van der Waals surface area contributed by atoms with Gasteiger partial charge in [0.15, 0.2) is 6.33 Å². The summed E-state index contributed by atoms with van der Waals surface area (Å²) in [5.41, 5.74) is 0.696. The van der Waals surface area contributed by atoms with Crippen LogP contribution < -0.4 is 4.74 Å². The van der Waals surface area contributed by atoms with Crippen LogP contribution in [0, 0.1) is 0 Å². The molecule has 0 aliphatic carbocycles. The highest BCUT2D eigenvalue weighted by atomic mass is 19.4. The van der Waals surface area contributed by atoms with Crippen LogP contribution in [0.1, 0.15) is 31.6 Å². The fourth-order valence-electron chi connectivity index (χ4n) is 2.04. The molecular formula is C13H15F3N4O2. The van der Waals surface area contributed by atoms with Crippen molar-refractivity contribution in [2.75, 3.05) is 6.61 Å². The minimum atomic E-state index is -4.71. The van der Waals surface area contributed by atoms with Gasteiger partial charge in [0.2, 0.25) is 0 Å². The predicted octanol–water partition coefficient (Wildman–Crippen LogP) is 2.91. The van der Waals surface area contributed by atoms with Crippen molar-refractivity contribution in [1.29, 1.82) is 0 Å². The molecule has 1 heterocycles. The van der Waals surface area contributed by atoms with Gasteiger partial charge in [0.25, 0.3) is 0 Å². The molecule has 0 bridgehead atoms. The highest BCUT2D eigenvalue weighted by Gasteiger charge is 2.31. The minimum absolute atomic E-state index is 0.267. The molecule has 2 aromatic rings. The van der Waals surface area contributed by atoms with Crippen molar-refractivity contribution >= 4 is 0 Å². The Balaban J connectivity index is 2.18. The van der Waals surface area contributed by atoms with Gasteiger partial charge in [-0.05, 0) is 36.8 Å². The van der Waals surface area contributed by atoms with E-state index in [0.29, 0.717) is 12.2 Å². The molecule has 2 rings (SSSR count). The Hall–Kier alpha value is -2.16. The van der Waals surface area contributed by atoms with Crippen LogP contribution in [0.3, 0.4) is 0 Å². The molecule has 0 aliphatic heterocycles. The summed E-state index contributed by atoms with van der Waals surface area (Å²) in [6.07, 6.45) is -3.82. The Labute approximate surface area is 124 Å². The topological polar surface area (TPSA) is 62.1 Å². The molecule has 1 aromatic carbocycles. The molecule has 0 aliphatic rings. The maximum Gasteiger partial charge on any atom is 0.573 e. The molecule has 0 saturated carbocycles. The minimum Gasteiger partial charge on any atom is -0.406 e. The first-order valence-electron chi connectivity index (χ1n) is 6.60. The van der Waals surface area contributed by atoms with Gasteiger partial charge >= 0.3 is 6.36 Å². The monoisotopic (exact) mass is 316 g/mol. The van der Waals surface area contributed by atoms with Gasteiger partial charge in [-0.15, -0.1) is 23.4 Å². The lowest BCUT2D eigenvalue weighted by Crippen LogP contribution is -2.20. The Bertz CT molecular complexity index is 572. The number of benzene rings is 1. The summed E-state index contributed by atoms with van der Waals surface area (Å²) in [6.45, 7) is 4.10. The van der Waals surface area contributed by atoms with E-state index >= 15 is 0 Å². The van der Waals surface area contributed by atoms with Crippen LogP contribution >= 0.6 is 0 Å². The van der Waals surface area contributed by atoms with E-state index in [0.717, 1.165) is 0 Å². The molecule has 6 nitrogen and oxygen atoms in total. The summed E-state index contributed by atoms with van der Waals surface area (Å²) in [4.78, 5) is 1.39. The van der Waals surface area contributed by atoms with Crippen LogP contribution in [-0.4, -0.2) is 33.2 Å². The summed E-state index contributed by atoms with van der Waals surface area (Å²) in [6, 6.07) is 5.27. The largest absolute Gasteiger partial charge is 0.573 e. The van der Waals surface area contributed by atoms with Gasteiger partial charge in [-0.3, -0.25) is 0 Å². The molecule has 0 saturated heterocycles. The number of aromatic nitrogens is 4. The first-order valence-corrected chi connectivity index (χ1v) is 6.60. The summed E-state index contributed by atoms with van der Waals surface area (Å²) in [7, 11) is 0. The third-order valence-corrected chi connectivity index (χ3v) is 2.96. The second-order valence-corrected chi connectivity index (χ2v) is 4.49. The zero-order chi connectivity index (χ0) is 16.2. The first-order chi connectivity index (χ1) is 10.4. The zero-order valence-electron chi connectivity index (χ0n) is 12.0. The summed E-state index contributed by atoms with van der Waals surface area (Å²) in [5.74, 6) is -0.280. The number of halogens is 3. The lowest BCUT2D eigenvalue weighted by molar-refractivity contribution is -0.274. The van der Waals surface area contributed by atoms with Crippen molar-refractivity contribution in [3.8, 4) is 5.75 Å². The molecule has 0 spiro atoms. The lowest BCUT2D eigenvalue weighted by Gasteiger charge is -2.23. The van der Waals surface area contributed by atoms with Gasteiger partial charge in [0, 0.05) is 6.61 Å². The third-order valence-electron chi connectivity index (χ3n) is 2.96. The van der Waals surface area contributed by atoms with Gasteiger partial charge in [0.05, 0.1) is 0 Å². The van der Waals surface area contributed by atoms with Gasteiger partial charge in [-0.25, -0.2) is 0 Å². The SMILES string of the molecule is CCOC(c1ccc(OC(F)(F)F)cc1)C(C)n1ncnn1. The molecule has 2 atom stereocenters. The van der Waals surface area contributed by atoms with Crippen molar-refractivity contribution in [3.63, 3.8) is 0 Å². The van der Waals surface area contributed by atoms with Crippen LogP contribution in [0.4, 0.5) is 13.2 Å². The molecular weight excluding hydrogens is 301 g/mol. The number of hydrogen-bond donors (Lipinski definition) is 0. The number of hydrogen-bond acceptors (Lipinski definition) is 5. The second-order valence-electron chi connectivity index (χ2n) is 4.49. The molecule has 1 aromatic heterocycles. The maximum absolute atomic E-state index is 12.2. The average Bonchev–Trinajstić information content (AvgIpc) is 2.97. The van der Waals surface area contributed by atoms with E-state index in [1.54, 1.807) is 0 Å². The molecule has 120 valence electrons. The van der Waals surface area contributed by atoms with Gasteiger partial charge in [-0.2, -0.15) is 4.80 Å². The Kier molecular flexibility index (Phi) is 4.96. The van der Waals surface area contributed by atoms with Crippen molar-refractivity contribution in [1.82, 2.24) is 20.2 Å². The van der Waals surface area contributed by atoms with Crippen LogP contribution in [0.25, 0.3) is 0 Å². The fraction of sp³-hybridized carbons (Fsp3) is 0.462. The van der Waals surface area contributed by atoms with Gasteiger partial charge in [0.1, 0.15) is 17.9 Å². The standard InChI is InChI=1S/C13H15F3N4O2/c1-3-21-12(9(2)20-18-8-17-19-20)10-4-6-11(7-5-10)22-13(14,15)16/h4-9,12H,3H2,1-2H3. The molecule has 0 fully saturated rings. The van der Waals surface area contributed by atoms with Gasteiger partial charge < -0.3 is 9.47 Å². The van der Waals surface area contributed by atoms with Crippen LogP contribution in [0.5, 0.6) is 5.75 Å². The molecule has 0 N–H and O–H groups in total. The van der Waals surface area contributed by atoms with Crippen LogP contribution in [0.15, 0.2) is 30.6 Å². The van der Waals surface area contributed by atoms with E-state index < -0.39 is 12.5 Å². The number of rotatable bonds is 6. The zero-order valence-corrected chi connectivity index (χ0v) is 12.0. The molecule has 0 radical (unpaired) electrons. The van der Waals surface area contributed by atoms with Crippen molar-refractivity contribution in [2.45, 2.75) is 32.4 Å². The highest BCUT2D eigenvalue weighted by molar-refractivity contribution is 5.29. The lowest BCUT2D eigenvalue weighted by atomic mass is 10.0. The summed E-state index contributed by atoms with van der Waals surface area (Å²) < 4.78 is 46.0. The Morgan fingerprint density at radius 3 is 2.41 bits per heavy atom. The van der Waals surface area contributed by atoms with Gasteiger partial charge in [-0.1, -0.05) is 12.1 Å². The predicted molar refractivity (Wildman–Crippen MR) is 70.0 cm³/mol. The van der Waals surface area contributed by atoms with Crippen molar-refractivity contribution in [3.05, 3.63) is 36.2 Å². The summed E-state index contributed by atoms with van der Waals surface area (Å²) >= 11 is 0. The maximum atomic E-state index is 12.2. The first kappa shape index (κ1) is 16.2. The third kappa shape index (κ3) is 4.17. The van der Waals surface area contributed by atoms with Crippen molar-refractivity contribution < 1.29 is 22.6 Å². The molecule has 22 heavy (non-hydrogen) atoms. The molecule has 9 heteroatoms. The average molecular weight is 316 g/mol. The van der Waals surface area contributed by atoms with E-state index in [9.17, 15) is 13.2 Å². The Morgan fingerprint density at radius 1 is 1.23 bits per heavy atom. The highest BCUT2D eigenvalue weighted by Crippen LogP contribution is 2.31. The molecule has 2 unspecified atom stereocenters. The van der Waals surface area contributed by atoms with E-state index in [1.807, 2.05) is 13.8 Å². The molecule has 0 amide bonds. The van der Waals surface area contributed by atoms with Crippen molar-refractivity contribution in [2.24, 2.45) is 0 Å². The second kappa shape index (κ2) is 6.73. The Morgan fingerprint density at radius 2 is 1.91 bits per heavy atom.